The molecule has 43 heavy (non-hydrogen) atoms. The van der Waals surface area contributed by atoms with Crippen molar-refractivity contribution in [3.05, 3.63) is 83.4 Å². The molecular weight excluding hydrogens is 550 g/mol. The van der Waals surface area contributed by atoms with Crippen LogP contribution in [0.1, 0.15) is 40.7 Å². The standard InChI is InChI=1S/C32H33N5O6/c1-20-4-2-3-5-26(20)35-32(43)34-23-10-8-21(9-11-23)16-28(38)33-24-12-13-27-25(17-24)31(42)36(15-14-30(40)41)19-29(39)37(27)18-22-6-7-22/h2-5,8-13,17,22H,6-7,14-16,18-19H2,1H3,(H,33,38)(H,40,41)(H2,34,35,43). The van der Waals surface area contributed by atoms with Gasteiger partial charge in [-0.2, -0.15) is 0 Å². The van der Waals surface area contributed by atoms with Crippen molar-refractivity contribution < 1.29 is 29.1 Å². The van der Waals surface area contributed by atoms with Gasteiger partial charge in [0.1, 0.15) is 6.54 Å². The number of hydrogen-bond donors (Lipinski definition) is 4. The summed E-state index contributed by atoms with van der Waals surface area (Å²) in [5, 5.41) is 17.5. The predicted molar refractivity (Wildman–Crippen MR) is 162 cm³/mol. The Balaban J connectivity index is 1.24. The van der Waals surface area contributed by atoms with E-state index in [9.17, 15) is 24.0 Å². The highest BCUT2D eigenvalue weighted by atomic mass is 16.4. The minimum Gasteiger partial charge on any atom is -0.481 e. The molecule has 1 heterocycles. The first-order chi connectivity index (χ1) is 20.7. The second-order valence-electron chi connectivity index (χ2n) is 10.9. The molecule has 2 aliphatic rings. The van der Waals surface area contributed by atoms with Crippen LogP contribution in [0.3, 0.4) is 0 Å². The summed E-state index contributed by atoms with van der Waals surface area (Å²) in [5.74, 6) is -1.70. The molecule has 0 radical (unpaired) electrons. The summed E-state index contributed by atoms with van der Waals surface area (Å²) in [5.41, 5.74) is 4.04. The number of carboxylic acids is 1. The van der Waals surface area contributed by atoms with E-state index in [4.69, 9.17) is 5.11 Å². The van der Waals surface area contributed by atoms with Crippen LogP contribution in [0, 0.1) is 12.8 Å². The Hall–Kier alpha value is -5.19. The third-order valence-electron chi connectivity index (χ3n) is 7.42. The molecule has 0 aromatic heterocycles. The van der Waals surface area contributed by atoms with Gasteiger partial charge in [0.15, 0.2) is 0 Å². The number of para-hydroxylation sites is 1. The minimum atomic E-state index is -1.06. The molecule has 1 aliphatic heterocycles. The van der Waals surface area contributed by atoms with E-state index in [1.54, 1.807) is 47.4 Å². The van der Waals surface area contributed by atoms with Crippen molar-refractivity contribution in [3.8, 4) is 0 Å². The molecule has 5 amide bonds. The van der Waals surface area contributed by atoms with E-state index in [-0.39, 0.29) is 49.3 Å². The van der Waals surface area contributed by atoms with Crippen molar-refractivity contribution in [2.24, 2.45) is 5.92 Å². The molecule has 4 N–H and O–H groups in total. The van der Waals surface area contributed by atoms with Gasteiger partial charge in [0.2, 0.25) is 11.8 Å². The van der Waals surface area contributed by atoms with Crippen molar-refractivity contribution >= 4 is 52.5 Å². The van der Waals surface area contributed by atoms with E-state index in [1.807, 2.05) is 31.2 Å². The summed E-state index contributed by atoms with van der Waals surface area (Å²) < 4.78 is 0. The number of amides is 5. The van der Waals surface area contributed by atoms with Crippen molar-refractivity contribution in [2.75, 3.05) is 40.5 Å². The number of nitrogens with one attached hydrogen (secondary N) is 3. The van der Waals surface area contributed by atoms with Crippen LogP contribution >= 0.6 is 0 Å². The van der Waals surface area contributed by atoms with Crippen LogP contribution in [0.4, 0.5) is 27.5 Å². The summed E-state index contributed by atoms with van der Waals surface area (Å²) in [7, 11) is 0. The number of carbonyl (C=O) groups is 5. The van der Waals surface area contributed by atoms with Gasteiger partial charge in [-0.1, -0.05) is 30.3 Å². The number of fused-ring (bicyclic) bond motifs is 1. The van der Waals surface area contributed by atoms with E-state index in [2.05, 4.69) is 16.0 Å². The molecule has 0 saturated heterocycles. The Labute approximate surface area is 248 Å². The van der Waals surface area contributed by atoms with Gasteiger partial charge in [0, 0.05) is 30.2 Å². The Kier molecular flexibility index (Phi) is 8.70. The van der Waals surface area contributed by atoms with E-state index < -0.39 is 11.9 Å². The lowest BCUT2D eigenvalue weighted by Gasteiger charge is -2.22. The van der Waals surface area contributed by atoms with Crippen LogP contribution in [0.5, 0.6) is 0 Å². The number of nitrogens with zero attached hydrogens (tertiary/aromatic N) is 2. The summed E-state index contributed by atoms with van der Waals surface area (Å²) in [6.45, 7) is 2.11. The van der Waals surface area contributed by atoms with Gasteiger partial charge in [-0.15, -0.1) is 0 Å². The highest BCUT2D eigenvalue weighted by Gasteiger charge is 2.35. The summed E-state index contributed by atoms with van der Waals surface area (Å²) in [4.78, 5) is 65.7. The largest absolute Gasteiger partial charge is 0.481 e. The first-order valence-corrected chi connectivity index (χ1v) is 14.1. The lowest BCUT2D eigenvalue weighted by atomic mass is 10.1. The molecule has 3 aromatic rings. The fourth-order valence-corrected chi connectivity index (χ4v) is 4.91. The molecule has 3 aromatic carbocycles. The number of carbonyl (C=O) groups excluding carboxylic acids is 4. The van der Waals surface area contributed by atoms with Crippen molar-refractivity contribution in [1.29, 1.82) is 0 Å². The molecule has 1 saturated carbocycles. The number of urea groups is 1. The number of benzene rings is 3. The Bertz CT molecular complexity index is 1570. The number of rotatable bonds is 10. The summed E-state index contributed by atoms with van der Waals surface area (Å²) in [6.07, 6.45) is 1.81. The highest BCUT2D eigenvalue weighted by molar-refractivity contribution is 6.10. The predicted octanol–water partition coefficient (Wildman–Crippen LogP) is 4.49. The molecule has 0 spiro atoms. The van der Waals surface area contributed by atoms with Crippen LogP contribution < -0.4 is 20.9 Å². The number of hydrogen-bond acceptors (Lipinski definition) is 5. The van der Waals surface area contributed by atoms with Crippen molar-refractivity contribution in [2.45, 2.75) is 32.6 Å². The van der Waals surface area contributed by atoms with Gasteiger partial charge in [0.05, 0.1) is 24.1 Å². The molecule has 1 aliphatic carbocycles. The van der Waals surface area contributed by atoms with Gasteiger partial charge >= 0.3 is 12.0 Å². The lowest BCUT2D eigenvalue weighted by molar-refractivity contribution is -0.137. The van der Waals surface area contributed by atoms with Gasteiger partial charge in [0.25, 0.3) is 5.91 Å². The van der Waals surface area contributed by atoms with Gasteiger partial charge < -0.3 is 30.9 Å². The third-order valence-corrected chi connectivity index (χ3v) is 7.42. The second kappa shape index (κ2) is 12.8. The third kappa shape index (κ3) is 7.56. The molecule has 1 fully saturated rings. The van der Waals surface area contributed by atoms with Crippen LogP contribution in [0.2, 0.25) is 0 Å². The Morgan fingerprint density at radius 1 is 0.907 bits per heavy atom. The van der Waals surface area contributed by atoms with Crippen LogP contribution in [0.15, 0.2) is 66.7 Å². The Morgan fingerprint density at radius 2 is 1.63 bits per heavy atom. The average Bonchev–Trinajstić information content (AvgIpc) is 3.80. The zero-order valence-electron chi connectivity index (χ0n) is 23.8. The van der Waals surface area contributed by atoms with Gasteiger partial charge in [-0.25, -0.2) is 4.79 Å². The maximum absolute atomic E-state index is 13.4. The fraction of sp³-hybridized carbons (Fsp3) is 0.281. The second-order valence-corrected chi connectivity index (χ2v) is 10.9. The van der Waals surface area contributed by atoms with Crippen LogP contribution in [-0.4, -0.2) is 59.4 Å². The van der Waals surface area contributed by atoms with E-state index >= 15 is 0 Å². The number of carboxylic acid groups (broad SMARTS) is 1. The zero-order chi connectivity index (χ0) is 30.5. The molecule has 0 unspecified atom stereocenters. The van der Waals surface area contributed by atoms with Crippen molar-refractivity contribution in [3.63, 3.8) is 0 Å². The Morgan fingerprint density at radius 3 is 2.33 bits per heavy atom. The highest BCUT2D eigenvalue weighted by Crippen LogP contribution is 2.35. The van der Waals surface area contributed by atoms with E-state index in [0.717, 1.165) is 18.4 Å². The summed E-state index contributed by atoms with van der Waals surface area (Å²) >= 11 is 0. The SMILES string of the molecule is Cc1ccccc1NC(=O)Nc1ccc(CC(=O)Nc2ccc3c(c2)C(=O)N(CCC(=O)O)CC(=O)N3CC2CC2)cc1. The normalized spacial score (nSPS) is 14.5. The van der Waals surface area contributed by atoms with Crippen LogP contribution in [0.25, 0.3) is 0 Å². The topological polar surface area (TPSA) is 148 Å². The molecule has 0 atom stereocenters. The average molecular weight is 584 g/mol. The zero-order valence-corrected chi connectivity index (χ0v) is 23.8. The monoisotopic (exact) mass is 583 g/mol. The molecule has 222 valence electrons. The maximum Gasteiger partial charge on any atom is 0.323 e. The fourth-order valence-electron chi connectivity index (χ4n) is 4.91. The molecule has 11 nitrogen and oxygen atoms in total. The maximum atomic E-state index is 13.4. The molecular formula is C32H33N5O6. The number of anilines is 4. The summed E-state index contributed by atoms with van der Waals surface area (Å²) in [6, 6.07) is 18.8. The van der Waals surface area contributed by atoms with Gasteiger partial charge in [-0.05, 0) is 73.2 Å². The van der Waals surface area contributed by atoms with Crippen molar-refractivity contribution in [1.82, 2.24) is 4.90 Å². The smallest absolute Gasteiger partial charge is 0.323 e. The first-order valence-electron chi connectivity index (χ1n) is 14.1. The lowest BCUT2D eigenvalue weighted by Crippen LogP contribution is -2.40. The number of aliphatic carboxylic acids is 1. The molecule has 11 heteroatoms. The molecule has 5 rings (SSSR count). The minimum absolute atomic E-state index is 0.0533. The molecule has 0 bridgehead atoms. The number of aryl methyl sites for hydroxylation is 1. The first kappa shape index (κ1) is 29.3. The van der Waals surface area contributed by atoms with E-state index in [1.165, 1.54) is 4.90 Å². The van der Waals surface area contributed by atoms with Crippen LogP contribution in [-0.2, 0) is 20.8 Å². The van der Waals surface area contributed by atoms with Gasteiger partial charge in [-0.3, -0.25) is 19.2 Å². The quantitative estimate of drug-likeness (QED) is 0.276. The van der Waals surface area contributed by atoms with E-state index in [0.29, 0.717) is 40.8 Å².